The van der Waals surface area contributed by atoms with Gasteiger partial charge < -0.3 is 10.1 Å². The van der Waals surface area contributed by atoms with Crippen LogP contribution in [0.4, 0.5) is 4.39 Å². The zero-order valence-corrected chi connectivity index (χ0v) is 20.0. The van der Waals surface area contributed by atoms with Gasteiger partial charge in [-0.25, -0.2) is 14.4 Å². The minimum absolute atomic E-state index is 0.0422. The lowest BCUT2D eigenvalue weighted by Crippen LogP contribution is -2.37. The van der Waals surface area contributed by atoms with E-state index in [0.29, 0.717) is 22.5 Å². The molecule has 1 atom stereocenters. The minimum Gasteiger partial charge on any atom is -0.378 e. The highest BCUT2D eigenvalue weighted by Crippen LogP contribution is 2.22. The van der Waals surface area contributed by atoms with E-state index in [0.717, 1.165) is 26.1 Å². The van der Waals surface area contributed by atoms with Crippen LogP contribution in [0.2, 0.25) is 0 Å². The van der Waals surface area contributed by atoms with Gasteiger partial charge in [0.05, 0.1) is 29.8 Å². The molecule has 0 radical (unpaired) electrons. The molecule has 0 spiro atoms. The van der Waals surface area contributed by atoms with Gasteiger partial charge in [-0.2, -0.15) is 9.78 Å². The zero-order valence-electron chi connectivity index (χ0n) is 20.0. The van der Waals surface area contributed by atoms with Crippen molar-refractivity contribution in [2.75, 3.05) is 20.2 Å². The molecule has 3 heterocycles. The number of hydrogen-bond acceptors (Lipinski definition) is 6. The van der Waals surface area contributed by atoms with Crippen LogP contribution in [0.1, 0.15) is 28.0 Å². The van der Waals surface area contributed by atoms with Gasteiger partial charge in [-0.1, -0.05) is 42.5 Å². The Morgan fingerprint density at radius 1 is 1.14 bits per heavy atom. The molecule has 36 heavy (non-hydrogen) atoms. The molecular formula is C27H27FN6O2. The fourth-order valence-electron chi connectivity index (χ4n) is 4.48. The maximum absolute atomic E-state index is 14.3. The van der Waals surface area contributed by atoms with Gasteiger partial charge >= 0.3 is 0 Å². The van der Waals surface area contributed by atoms with Crippen molar-refractivity contribution in [3.8, 4) is 17.2 Å². The van der Waals surface area contributed by atoms with Crippen LogP contribution in [0.3, 0.4) is 0 Å². The van der Waals surface area contributed by atoms with E-state index in [1.807, 2.05) is 18.2 Å². The summed E-state index contributed by atoms with van der Waals surface area (Å²) in [5.41, 5.74) is 2.97. The van der Waals surface area contributed by atoms with Gasteiger partial charge in [-0.3, -0.25) is 9.69 Å². The zero-order chi connectivity index (χ0) is 24.9. The first-order chi connectivity index (χ1) is 17.6. The van der Waals surface area contributed by atoms with Crippen molar-refractivity contribution in [2.45, 2.75) is 25.6 Å². The highest BCUT2D eigenvalue weighted by Gasteiger charge is 2.27. The van der Waals surface area contributed by atoms with Gasteiger partial charge in [-0.15, -0.1) is 0 Å². The first-order valence-corrected chi connectivity index (χ1v) is 11.8. The number of carbonyl (C=O) groups is 1. The van der Waals surface area contributed by atoms with Crippen molar-refractivity contribution >= 4 is 5.91 Å². The third-order valence-corrected chi connectivity index (χ3v) is 6.23. The second-order valence-corrected chi connectivity index (χ2v) is 8.75. The molecule has 2 aromatic heterocycles. The molecule has 0 unspecified atom stereocenters. The maximum atomic E-state index is 14.3. The Kier molecular flexibility index (Phi) is 7.11. The predicted molar refractivity (Wildman–Crippen MR) is 133 cm³/mol. The summed E-state index contributed by atoms with van der Waals surface area (Å²) in [4.78, 5) is 24.3. The molecule has 0 bridgehead atoms. The summed E-state index contributed by atoms with van der Waals surface area (Å²) in [7, 11) is 1.55. The second kappa shape index (κ2) is 10.8. The van der Waals surface area contributed by atoms with E-state index >= 15 is 0 Å². The summed E-state index contributed by atoms with van der Waals surface area (Å²) in [5.74, 6) is -0.362. The Morgan fingerprint density at radius 3 is 2.75 bits per heavy atom. The van der Waals surface area contributed by atoms with Gasteiger partial charge in [0.25, 0.3) is 11.9 Å². The van der Waals surface area contributed by atoms with Gasteiger partial charge in [0.1, 0.15) is 5.82 Å². The molecule has 1 fully saturated rings. The highest BCUT2D eigenvalue weighted by molar-refractivity contribution is 5.95. The molecule has 1 amide bonds. The van der Waals surface area contributed by atoms with Crippen LogP contribution in [0.5, 0.6) is 0 Å². The molecule has 0 aliphatic carbocycles. The van der Waals surface area contributed by atoms with Crippen molar-refractivity contribution < 1.29 is 13.9 Å². The normalized spacial score (nSPS) is 15.8. The lowest BCUT2D eigenvalue weighted by molar-refractivity contribution is 0.0932. The fourth-order valence-corrected chi connectivity index (χ4v) is 4.48. The first-order valence-electron chi connectivity index (χ1n) is 11.8. The molecule has 9 heteroatoms. The van der Waals surface area contributed by atoms with Crippen LogP contribution in [0.25, 0.3) is 17.2 Å². The lowest BCUT2D eigenvalue weighted by Gasteiger charge is -2.17. The SMILES string of the molecule is COCc1c(C(=O)N[C@H]2CCN(Cc3ccccc3)C2)cnn1-c1nccc(-c2ccccc2F)n1. The summed E-state index contributed by atoms with van der Waals surface area (Å²) < 4.78 is 21.1. The monoisotopic (exact) mass is 486 g/mol. The van der Waals surface area contributed by atoms with Crippen LogP contribution in [0, 0.1) is 5.82 Å². The third-order valence-electron chi connectivity index (χ3n) is 6.23. The standard InChI is InChI=1S/C27H27FN6O2/c1-36-18-25-22(26(35)31-20-12-14-33(17-20)16-19-7-3-2-4-8-19)15-30-34(25)27-29-13-11-24(32-27)21-9-5-6-10-23(21)28/h2-11,13,15,20H,12,14,16-18H2,1H3,(H,31,35)/t20-/m0/s1. The van der Waals surface area contributed by atoms with E-state index in [1.165, 1.54) is 22.5 Å². The number of nitrogens with one attached hydrogen (secondary N) is 1. The smallest absolute Gasteiger partial charge is 0.255 e. The molecule has 8 nitrogen and oxygen atoms in total. The number of amides is 1. The molecular weight excluding hydrogens is 459 g/mol. The Morgan fingerprint density at radius 2 is 1.94 bits per heavy atom. The fraction of sp³-hybridized carbons (Fsp3) is 0.259. The number of carbonyl (C=O) groups excluding carboxylic acids is 1. The molecule has 1 N–H and O–H groups in total. The predicted octanol–water partition coefficient (Wildman–Crippen LogP) is 3.62. The van der Waals surface area contributed by atoms with Crippen molar-refractivity contribution in [2.24, 2.45) is 0 Å². The summed E-state index contributed by atoms with van der Waals surface area (Å²) in [6.07, 6.45) is 3.92. The molecule has 0 saturated carbocycles. The molecule has 2 aromatic carbocycles. The van der Waals surface area contributed by atoms with Gasteiger partial charge in [0, 0.05) is 44.5 Å². The van der Waals surface area contributed by atoms with Crippen LogP contribution < -0.4 is 5.32 Å². The molecule has 1 aliphatic rings. The van der Waals surface area contributed by atoms with Crippen LogP contribution >= 0.6 is 0 Å². The lowest BCUT2D eigenvalue weighted by atomic mass is 10.1. The summed E-state index contributed by atoms with van der Waals surface area (Å²) in [6.45, 7) is 2.69. The van der Waals surface area contributed by atoms with E-state index in [1.54, 1.807) is 37.6 Å². The van der Waals surface area contributed by atoms with Gasteiger partial charge in [0.2, 0.25) is 0 Å². The summed E-state index contributed by atoms with van der Waals surface area (Å²) in [5, 5.41) is 7.51. The van der Waals surface area contributed by atoms with Crippen LogP contribution in [0.15, 0.2) is 73.1 Å². The number of ether oxygens (including phenoxy) is 1. The molecule has 1 saturated heterocycles. The number of likely N-dealkylation sites (tertiary alicyclic amines) is 1. The van der Waals surface area contributed by atoms with E-state index in [9.17, 15) is 9.18 Å². The van der Waals surface area contributed by atoms with Crippen molar-refractivity contribution in [3.63, 3.8) is 0 Å². The number of nitrogens with zero attached hydrogens (tertiary/aromatic N) is 5. The van der Waals surface area contributed by atoms with E-state index in [2.05, 4.69) is 37.4 Å². The van der Waals surface area contributed by atoms with Crippen molar-refractivity contribution in [3.05, 3.63) is 95.7 Å². The third kappa shape index (κ3) is 5.17. The van der Waals surface area contributed by atoms with Crippen molar-refractivity contribution in [1.29, 1.82) is 0 Å². The Hall–Kier alpha value is -3.95. The molecule has 1 aliphatic heterocycles. The number of benzene rings is 2. The number of aromatic nitrogens is 4. The highest BCUT2D eigenvalue weighted by atomic mass is 19.1. The Balaban J connectivity index is 1.33. The summed E-state index contributed by atoms with van der Waals surface area (Å²) >= 11 is 0. The van der Waals surface area contributed by atoms with Gasteiger partial charge in [0.15, 0.2) is 0 Å². The number of halogens is 1. The average Bonchev–Trinajstić information content (AvgIpc) is 3.52. The number of hydrogen-bond donors (Lipinski definition) is 1. The topological polar surface area (TPSA) is 85.2 Å². The maximum Gasteiger partial charge on any atom is 0.255 e. The molecule has 4 aromatic rings. The van der Waals surface area contributed by atoms with E-state index in [4.69, 9.17) is 4.74 Å². The van der Waals surface area contributed by atoms with Crippen LogP contribution in [-0.4, -0.2) is 56.8 Å². The average molecular weight is 487 g/mol. The molecule has 184 valence electrons. The largest absolute Gasteiger partial charge is 0.378 e. The first kappa shape index (κ1) is 23.8. The summed E-state index contributed by atoms with van der Waals surface area (Å²) in [6, 6.07) is 18.4. The molecule has 5 rings (SSSR count). The minimum atomic E-state index is -0.377. The van der Waals surface area contributed by atoms with Gasteiger partial charge in [-0.05, 0) is 30.2 Å². The quantitative estimate of drug-likeness (QED) is 0.410. The number of methoxy groups -OCH3 is 1. The number of rotatable bonds is 8. The Labute approximate surface area is 208 Å². The second-order valence-electron chi connectivity index (χ2n) is 8.75. The van der Waals surface area contributed by atoms with E-state index in [-0.39, 0.29) is 30.3 Å². The van der Waals surface area contributed by atoms with Crippen LogP contribution in [-0.2, 0) is 17.9 Å². The van der Waals surface area contributed by atoms with Crippen molar-refractivity contribution in [1.82, 2.24) is 30.0 Å². The van der Waals surface area contributed by atoms with E-state index < -0.39 is 0 Å². The Bertz CT molecular complexity index is 1340.